The number of halogens is 3. The topological polar surface area (TPSA) is 26.3 Å². The van der Waals surface area contributed by atoms with Gasteiger partial charge in [0.1, 0.15) is 5.75 Å². The predicted octanol–water partition coefficient (Wildman–Crippen LogP) is 3.60. The van der Waals surface area contributed by atoms with Crippen molar-refractivity contribution in [3.63, 3.8) is 0 Å². The van der Waals surface area contributed by atoms with E-state index in [1.807, 2.05) is 0 Å². The fraction of sp³-hybridized carbons (Fsp3) is 0.300. The van der Waals surface area contributed by atoms with E-state index in [0.29, 0.717) is 10.2 Å². The van der Waals surface area contributed by atoms with Gasteiger partial charge in [-0.3, -0.25) is 4.79 Å². The van der Waals surface area contributed by atoms with Crippen LogP contribution in [0.5, 0.6) is 5.75 Å². The molecule has 82 valence electrons. The van der Waals surface area contributed by atoms with E-state index in [0.717, 1.165) is 0 Å². The van der Waals surface area contributed by atoms with Crippen LogP contribution in [0.25, 0.3) is 0 Å². The van der Waals surface area contributed by atoms with Gasteiger partial charge in [-0.2, -0.15) is 0 Å². The first kappa shape index (κ1) is 12.1. The molecule has 0 aromatic heterocycles. The first-order valence-corrected chi connectivity index (χ1v) is 4.93. The Hall–Kier alpha value is -0.970. The van der Waals surface area contributed by atoms with Crippen molar-refractivity contribution in [2.45, 2.75) is 13.3 Å². The summed E-state index contributed by atoms with van der Waals surface area (Å²) in [6, 6.07) is 2.52. The summed E-state index contributed by atoms with van der Waals surface area (Å²) < 4.78 is 30.5. The number of hydrogen-bond acceptors (Lipinski definition) is 2. The number of carbonyl (C=O) groups excluding carboxylic acids is 1. The van der Waals surface area contributed by atoms with Gasteiger partial charge in [-0.25, -0.2) is 8.78 Å². The van der Waals surface area contributed by atoms with Gasteiger partial charge in [0.15, 0.2) is 5.78 Å². The minimum Gasteiger partial charge on any atom is -0.496 e. The summed E-state index contributed by atoms with van der Waals surface area (Å²) in [5.41, 5.74) is -0.291. The largest absolute Gasteiger partial charge is 0.496 e. The third-order valence-corrected chi connectivity index (χ3v) is 2.56. The van der Waals surface area contributed by atoms with Crippen LogP contribution < -0.4 is 4.74 Å². The number of hydrogen-bond donors (Lipinski definition) is 0. The summed E-state index contributed by atoms with van der Waals surface area (Å²) in [5, 5.41) is 0. The van der Waals surface area contributed by atoms with E-state index in [2.05, 4.69) is 15.9 Å². The summed E-state index contributed by atoms with van der Waals surface area (Å²) in [4.78, 5) is 11.1. The molecular weight excluding hydrogens is 270 g/mol. The van der Waals surface area contributed by atoms with Crippen molar-refractivity contribution < 1.29 is 18.3 Å². The Morgan fingerprint density at radius 2 is 2.07 bits per heavy atom. The lowest BCUT2D eigenvalue weighted by Gasteiger charge is -2.10. The lowest BCUT2D eigenvalue weighted by molar-refractivity contribution is 0.0998. The third-order valence-electron chi connectivity index (χ3n) is 1.94. The van der Waals surface area contributed by atoms with E-state index in [1.165, 1.54) is 26.2 Å². The Balaban J connectivity index is 3.39. The predicted molar refractivity (Wildman–Crippen MR) is 55.7 cm³/mol. The van der Waals surface area contributed by atoms with Crippen molar-refractivity contribution >= 4 is 21.7 Å². The zero-order valence-electron chi connectivity index (χ0n) is 8.18. The molecule has 0 atom stereocenters. The van der Waals surface area contributed by atoms with Gasteiger partial charge in [-0.1, -0.05) is 0 Å². The molecular formula is C10H9BrF2O2. The molecule has 0 fully saturated rings. The summed E-state index contributed by atoms with van der Waals surface area (Å²) in [5.74, 6) is -0.0410. The van der Waals surface area contributed by atoms with Crippen LogP contribution in [0.2, 0.25) is 0 Å². The maximum atomic E-state index is 12.6. The molecule has 1 rings (SSSR count). The highest BCUT2D eigenvalue weighted by Crippen LogP contribution is 2.33. The first-order valence-electron chi connectivity index (χ1n) is 4.14. The molecule has 0 heterocycles. The molecule has 0 unspecified atom stereocenters. The first-order chi connectivity index (χ1) is 6.97. The lowest BCUT2D eigenvalue weighted by Crippen LogP contribution is -2.01. The second kappa shape index (κ2) is 4.70. The fourth-order valence-corrected chi connectivity index (χ4v) is 1.73. The molecule has 15 heavy (non-hydrogen) atoms. The molecule has 0 bridgehead atoms. The van der Waals surface area contributed by atoms with Gasteiger partial charge in [0.25, 0.3) is 6.43 Å². The van der Waals surface area contributed by atoms with Crippen molar-refractivity contribution in [3.8, 4) is 5.75 Å². The lowest BCUT2D eigenvalue weighted by atomic mass is 10.0. The molecule has 0 saturated carbocycles. The van der Waals surface area contributed by atoms with Crippen LogP contribution in [-0.2, 0) is 0 Å². The average molecular weight is 279 g/mol. The number of ether oxygens (including phenoxy) is 1. The number of alkyl halides is 2. The highest BCUT2D eigenvalue weighted by molar-refractivity contribution is 9.10. The minimum atomic E-state index is -2.67. The highest BCUT2D eigenvalue weighted by Gasteiger charge is 2.18. The summed E-state index contributed by atoms with van der Waals surface area (Å²) in [6.45, 7) is 1.24. The van der Waals surface area contributed by atoms with Crippen LogP contribution >= 0.6 is 15.9 Å². The van der Waals surface area contributed by atoms with Crippen LogP contribution in [-0.4, -0.2) is 12.9 Å². The van der Waals surface area contributed by atoms with Gasteiger partial charge in [-0.05, 0) is 35.0 Å². The van der Waals surface area contributed by atoms with Crippen LogP contribution in [0.15, 0.2) is 16.6 Å². The molecule has 0 N–H and O–H groups in total. The normalized spacial score (nSPS) is 10.5. The van der Waals surface area contributed by atoms with Gasteiger partial charge >= 0.3 is 0 Å². The smallest absolute Gasteiger partial charge is 0.264 e. The van der Waals surface area contributed by atoms with Gasteiger partial charge in [0.05, 0.1) is 11.6 Å². The molecule has 1 aromatic rings. The van der Waals surface area contributed by atoms with Gasteiger partial charge < -0.3 is 4.74 Å². The molecule has 0 saturated heterocycles. The van der Waals surface area contributed by atoms with E-state index in [4.69, 9.17) is 4.74 Å². The monoisotopic (exact) mass is 278 g/mol. The van der Waals surface area contributed by atoms with E-state index in [9.17, 15) is 13.6 Å². The molecule has 0 radical (unpaired) electrons. The summed E-state index contributed by atoms with van der Waals surface area (Å²) in [7, 11) is 1.41. The second-order valence-corrected chi connectivity index (χ2v) is 3.79. The number of benzene rings is 1. The molecule has 5 heteroatoms. The standard InChI is InChI=1S/C10H9BrF2O2/c1-5(14)6-4-9(15-2)8(11)3-7(6)10(12)13/h3-4,10H,1-2H3. The number of methoxy groups -OCH3 is 1. The van der Waals surface area contributed by atoms with Gasteiger partial charge in [0, 0.05) is 11.1 Å². The van der Waals surface area contributed by atoms with E-state index in [-0.39, 0.29) is 11.1 Å². The van der Waals surface area contributed by atoms with E-state index in [1.54, 1.807) is 0 Å². The third kappa shape index (κ3) is 2.53. The Morgan fingerprint density at radius 1 is 1.47 bits per heavy atom. The number of ketones is 1. The second-order valence-electron chi connectivity index (χ2n) is 2.93. The Bertz CT molecular complexity index is 391. The Morgan fingerprint density at radius 3 is 2.47 bits per heavy atom. The number of rotatable bonds is 3. The molecule has 2 nitrogen and oxygen atoms in total. The van der Waals surface area contributed by atoms with E-state index < -0.39 is 12.2 Å². The van der Waals surface area contributed by atoms with Gasteiger partial charge in [-0.15, -0.1) is 0 Å². The van der Waals surface area contributed by atoms with Crippen LogP contribution in [0, 0.1) is 0 Å². The van der Waals surface area contributed by atoms with Crippen LogP contribution in [0.3, 0.4) is 0 Å². The molecule has 0 aliphatic heterocycles. The van der Waals surface area contributed by atoms with Crippen molar-refractivity contribution in [2.75, 3.05) is 7.11 Å². The zero-order chi connectivity index (χ0) is 11.6. The van der Waals surface area contributed by atoms with Gasteiger partial charge in [0.2, 0.25) is 0 Å². The SMILES string of the molecule is COc1cc(C(C)=O)c(C(F)F)cc1Br. The number of Topliss-reactive ketones (excluding diaryl/α,β-unsaturated/α-hetero) is 1. The van der Waals surface area contributed by atoms with Crippen LogP contribution in [0.4, 0.5) is 8.78 Å². The van der Waals surface area contributed by atoms with Crippen molar-refractivity contribution in [2.24, 2.45) is 0 Å². The summed E-state index contributed by atoms with van der Waals surface area (Å²) >= 11 is 3.09. The molecule has 0 aliphatic carbocycles. The average Bonchev–Trinajstić information content (AvgIpc) is 2.16. The van der Waals surface area contributed by atoms with Crippen molar-refractivity contribution in [3.05, 3.63) is 27.7 Å². The zero-order valence-corrected chi connectivity index (χ0v) is 9.77. The Kier molecular flexibility index (Phi) is 3.79. The quantitative estimate of drug-likeness (QED) is 0.790. The summed E-state index contributed by atoms with van der Waals surface area (Å²) in [6.07, 6.45) is -2.67. The molecule has 0 amide bonds. The van der Waals surface area contributed by atoms with Crippen LogP contribution in [0.1, 0.15) is 29.3 Å². The van der Waals surface area contributed by atoms with Crippen molar-refractivity contribution in [1.82, 2.24) is 0 Å². The molecule has 0 spiro atoms. The fourth-order valence-electron chi connectivity index (χ4n) is 1.21. The number of carbonyl (C=O) groups is 1. The van der Waals surface area contributed by atoms with Crippen molar-refractivity contribution in [1.29, 1.82) is 0 Å². The Labute approximate surface area is 94.4 Å². The molecule has 1 aromatic carbocycles. The molecule has 0 aliphatic rings. The highest BCUT2D eigenvalue weighted by atomic mass is 79.9. The minimum absolute atomic E-state index is 0.00921. The van der Waals surface area contributed by atoms with E-state index >= 15 is 0 Å². The maximum Gasteiger partial charge on any atom is 0.264 e. The maximum absolute atomic E-state index is 12.6.